The van der Waals surface area contributed by atoms with Crippen molar-refractivity contribution < 1.29 is 56.1 Å². The van der Waals surface area contributed by atoms with Crippen LogP contribution in [0.15, 0.2) is 12.1 Å². The molecule has 0 aliphatic heterocycles. The molecule has 0 unspecified atom stereocenters. The Hall–Kier alpha value is 0.578. The molecular formula is C8H6OVY-2. The molecule has 54 valence electrons. The maximum Gasteiger partial charge on any atom is 0.0112 e. The summed E-state index contributed by atoms with van der Waals surface area (Å²) in [7, 11) is 0. The molecule has 0 fully saturated rings. The van der Waals surface area contributed by atoms with E-state index in [9.17, 15) is 4.79 Å². The average molecular weight is 258 g/mol. The van der Waals surface area contributed by atoms with Crippen LogP contribution in [0.3, 0.4) is 0 Å². The summed E-state index contributed by atoms with van der Waals surface area (Å²) in [6.07, 6.45) is 0.784. The van der Waals surface area contributed by atoms with E-state index >= 15 is 0 Å². The third-order valence-corrected chi connectivity index (χ3v) is 1.14. The van der Waals surface area contributed by atoms with Crippen molar-refractivity contribution in [3.05, 3.63) is 35.4 Å². The van der Waals surface area contributed by atoms with Gasteiger partial charge in [0.1, 0.15) is 0 Å². The van der Waals surface area contributed by atoms with Crippen LogP contribution in [0.2, 0.25) is 0 Å². The molecule has 3 heteroatoms. The monoisotopic (exact) mass is 258 g/mol. The summed E-state index contributed by atoms with van der Waals surface area (Å²) >= 11 is 0. The van der Waals surface area contributed by atoms with Crippen LogP contribution in [0.1, 0.15) is 15.9 Å². The van der Waals surface area contributed by atoms with Crippen LogP contribution >= 0.6 is 0 Å². The zero-order valence-corrected chi connectivity index (χ0v) is 10.4. The van der Waals surface area contributed by atoms with E-state index in [1.165, 1.54) is 0 Å². The Morgan fingerprint density at radius 2 is 1.91 bits per heavy atom. The van der Waals surface area contributed by atoms with Gasteiger partial charge in [0.15, 0.2) is 0 Å². The summed E-state index contributed by atoms with van der Waals surface area (Å²) in [5.41, 5.74) is 1.45. The molecule has 0 aliphatic carbocycles. The number of hydrogen-bond acceptors (Lipinski definition) is 1. The molecule has 0 saturated carbocycles. The third-order valence-electron chi connectivity index (χ3n) is 1.14. The fourth-order valence-corrected chi connectivity index (χ4v) is 0.607. The molecule has 0 N–H and O–H groups in total. The number of aryl methyl sites for hydroxylation is 1. The van der Waals surface area contributed by atoms with E-state index in [1.807, 2.05) is 6.92 Å². The second kappa shape index (κ2) is 7.24. The smallest absolute Gasteiger partial charge is 0.0112 e. The fraction of sp³-hybridized carbons (Fsp3) is 0.125. The number of carbonyl (C=O) groups excluding carboxylic acids is 1. The Balaban J connectivity index is 0. The van der Waals surface area contributed by atoms with Gasteiger partial charge in [-0.25, -0.2) is 11.1 Å². The van der Waals surface area contributed by atoms with E-state index < -0.39 is 0 Å². The van der Waals surface area contributed by atoms with Crippen LogP contribution in [0.5, 0.6) is 0 Å². The van der Waals surface area contributed by atoms with Crippen molar-refractivity contribution in [2.75, 3.05) is 0 Å². The zero-order valence-electron chi connectivity index (χ0n) is 6.16. The Morgan fingerprint density at radius 1 is 1.36 bits per heavy atom. The summed E-state index contributed by atoms with van der Waals surface area (Å²) in [5.74, 6) is 0. The predicted octanol–water partition coefficient (Wildman–Crippen LogP) is 1.40. The molecule has 0 amide bonds. The molecule has 1 nitrogen and oxygen atoms in total. The van der Waals surface area contributed by atoms with E-state index in [1.54, 1.807) is 12.1 Å². The number of carbonyl (C=O) groups is 1. The maximum absolute atomic E-state index is 10.2. The SMILES string of the molecule is Cc1[c-]cc[c-]c1C=O.[V].[Y]. The van der Waals surface area contributed by atoms with Crippen molar-refractivity contribution in [2.24, 2.45) is 0 Å². The first-order chi connectivity index (χ1) is 4.34. The minimum Gasteiger partial charge on any atom is -0.370 e. The Kier molecular flexibility index (Phi) is 9.29. The van der Waals surface area contributed by atoms with Gasteiger partial charge in [-0.2, -0.15) is 0 Å². The second-order valence-corrected chi connectivity index (χ2v) is 1.78. The first-order valence-electron chi connectivity index (χ1n) is 2.69. The molecule has 11 heavy (non-hydrogen) atoms. The van der Waals surface area contributed by atoms with Crippen LogP contribution in [0.4, 0.5) is 0 Å². The molecule has 1 aromatic rings. The summed E-state index contributed by atoms with van der Waals surface area (Å²) in [5, 5.41) is 0. The van der Waals surface area contributed by atoms with Gasteiger partial charge >= 0.3 is 0 Å². The molecule has 0 bridgehead atoms. The van der Waals surface area contributed by atoms with E-state index in [0.29, 0.717) is 5.56 Å². The third kappa shape index (κ3) is 4.22. The first-order valence-corrected chi connectivity index (χ1v) is 2.69. The van der Waals surface area contributed by atoms with E-state index in [-0.39, 0.29) is 51.3 Å². The van der Waals surface area contributed by atoms with Crippen molar-refractivity contribution in [2.45, 2.75) is 6.92 Å². The summed E-state index contributed by atoms with van der Waals surface area (Å²) < 4.78 is 0. The molecular weight excluding hydrogens is 252 g/mol. The molecule has 1 rings (SSSR count). The Bertz CT molecular complexity index is 225. The van der Waals surface area contributed by atoms with Gasteiger partial charge in [0.05, 0.1) is 0 Å². The largest absolute Gasteiger partial charge is 0.370 e. The molecule has 0 spiro atoms. The van der Waals surface area contributed by atoms with Gasteiger partial charge in [-0.3, -0.25) is 24.3 Å². The van der Waals surface area contributed by atoms with Gasteiger partial charge in [-0.1, -0.05) is 6.92 Å². The van der Waals surface area contributed by atoms with Crippen LogP contribution < -0.4 is 0 Å². The van der Waals surface area contributed by atoms with Crippen LogP contribution in [-0.2, 0) is 51.3 Å². The standard InChI is InChI=1S/C8H6O.V.Y/c1-7-4-2-3-5-8(7)6-9;;/h2-3,6H,1H3;;/q-2;;. The quantitative estimate of drug-likeness (QED) is 0.549. The summed E-state index contributed by atoms with van der Waals surface area (Å²) in [6.45, 7) is 1.83. The topological polar surface area (TPSA) is 17.1 Å². The minimum atomic E-state index is 0. The van der Waals surface area contributed by atoms with Crippen molar-refractivity contribution in [1.82, 2.24) is 0 Å². The van der Waals surface area contributed by atoms with Crippen molar-refractivity contribution >= 4 is 6.29 Å². The van der Waals surface area contributed by atoms with Gasteiger partial charge in [-0.15, -0.1) is 0 Å². The number of aldehydes is 1. The molecule has 0 saturated heterocycles. The summed E-state index contributed by atoms with van der Waals surface area (Å²) in [6, 6.07) is 9.09. The van der Waals surface area contributed by atoms with Crippen LogP contribution in [0, 0.1) is 19.1 Å². The molecule has 0 atom stereocenters. The van der Waals surface area contributed by atoms with Gasteiger partial charge < -0.3 is 4.79 Å². The van der Waals surface area contributed by atoms with Gasteiger partial charge in [-0.05, 0) is 0 Å². The predicted molar refractivity (Wildman–Crippen MR) is 34.2 cm³/mol. The van der Waals surface area contributed by atoms with Gasteiger partial charge in [0, 0.05) is 57.6 Å². The van der Waals surface area contributed by atoms with Crippen molar-refractivity contribution in [1.29, 1.82) is 0 Å². The van der Waals surface area contributed by atoms with E-state index in [4.69, 9.17) is 0 Å². The zero-order chi connectivity index (χ0) is 6.69. The minimum absolute atomic E-state index is 0. The fourth-order valence-electron chi connectivity index (χ4n) is 0.607. The Labute approximate surface area is 104 Å². The normalized spacial score (nSPS) is 7.36. The second-order valence-electron chi connectivity index (χ2n) is 1.78. The molecule has 0 heterocycles. The Morgan fingerprint density at radius 3 is 2.27 bits per heavy atom. The maximum atomic E-state index is 10.2. The summed E-state index contributed by atoms with van der Waals surface area (Å²) in [4.78, 5) is 10.2. The molecule has 0 aromatic heterocycles. The number of hydrogen-bond donors (Lipinski definition) is 0. The average Bonchev–Trinajstić information content (AvgIpc) is 1.89. The number of benzene rings is 1. The van der Waals surface area contributed by atoms with Gasteiger partial charge in [0.2, 0.25) is 0 Å². The van der Waals surface area contributed by atoms with Crippen LogP contribution in [-0.4, -0.2) is 6.29 Å². The van der Waals surface area contributed by atoms with E-state index in [2.05, 4.69) is 12.1 Å². The molecule has 0 aliphatic rings. The number of rotatable bonds is 1. The first kappa shape index (κ1) is 14.1. The molecule has 1 aromatic carbocycles. The van der Waals surface area contributed by atoms with Crippen molar-refractivity contribution in [3.63, 3.8) is 0 Å². The molecule has 2 radical (unpaired) electrons. The van der Waals surface area contributed by atoms with Crippen molar-refractivity contribution in [3.8, 4) is 0 Å². The van der Waals surface area contributed by atoms with Gasteiger partial charge in [0.25, 0.3) is 0 Å². The van der Waals surface area contributed by atoms with Crippen LogP contribution in [0.25, 0.3) is 0 Å². The van der Waals surface area contributed by atoms with E-state index in [0.717, 1.165) is 11.8 Å².